The van der Waals surface area contributed by atoms with Crippen LogP contribution in [-0.2, 0) is 4.79 Å². The molecule has 2 aromatic carbocycles. The van der Waals surface area contributed by atoms with Gasteiger partial charge in [-0.2, -0.15) is 0 Å². The maximum Gasteiger partial charge on any atom is 0.243 e. The first-order valence-corrected chi connectivity index (χ1v) is 8.41. The molecule has 0 heterocycles. The first kappa shape index (κ1) is 18.9. The van der Waals surface area contributed by atoms with Crippen molar-refractivity contribution in [3.05, 3.63) is 47.0 Å². The Kier molecular flexibility index (Phi) is 6.53. The molecule has 5 nitrogen and oxygen atoms in total. The number of nitrogens with one attached hydrogen (secondary N) is 2. The monoisotopic (exact) mass is 362 g/mol. The van der Waals surface area contributed by atoms with Gasteiger partial charge >= 0.3 is 0 Å². The molecule has 0 fully saturated rings. The van der Waals surface area contributed by atoms with Gasteiger partial charge in [-0.25, -0.2) is 0 Å². The molecular weight excluding hydrogens is 340 g/mol. The highest BCUT2D eigenvalue weighted by molar-refractivity contribution is 6.31. The van der Waals surface area contributed by atoms with Crippen LogP contribution >= 0.6 is 11.6 Å². The van der Waals surface area contributed by atoms with E-state index in [0.717, 1.165) is 17.0 Å². The molecule has 0 aliphatic heterocycles. The fourth-order valence-electron chi connectivity index (χ4n) is 2.23. The van der Waals surface area contributed by atoms with Gasteiger partial charge in [0.2, 0.25) is 5.91 Å². The highest BCUT2D eigenvalue weighted by Gasteiger charge is 2.10. The molecule has 134 valence electrons. The number of aryl methyl sites for hydroxylation is 1. The molecule has 0 unspecified atom stereocenters. The quantitative estimate of drug-likeness (QED) is 0.761. The van der Waals surface area contributed by atoms with Crippen molar-refractivity contribution in [2.45, 2.75) is 26.9 Å². The third-order valence-electron chi connectivity index (χ3n) is 3.43. The number of carbonyl (C=O) groups is 1. The normalized spacial score (nSPS) is 10.5. The van der Waals surface area contributed by atoms with Crippen molar-refractivity contribution in [3.63, 3.8) is 0 Å². The van der Waals surface area contributed by atoms with E-state index >= 15 is 0 Å². The second-order valence-electron chi connectivity index (χ2n) is 5.89. The van der Waals surface area contributed by atoms with Crippen molar-refractivity contribution in [2.75, 3.05) is 24.3 Å². The molecule has 0 saturated carbocycles. The first-order chi connectivity index (χ1) is 11.9. The number of rotatable bonds is 7. The van der Waals surface area contributed by atoms with Crippen LogP contribution < -0.4 is 20.1 Å². The Morgan fingerprint density at radius 3 is 2.48 bits per heavy atom. The molecule has 25 heavy (non-hydrogen) atoms. The molecule has 0 aliphatic carbocycles. The molecule has 0 radical (unpaired) electrons. The lowest BCUT2D eigenvalue weighted by Gasteiger charge is -2.13. The number of anilines is 2. The molecule has 0 aromatic heterocycles. The average Bonchev–Trinajstić information content (AvgIpc) is 2.57. The summed E-state index contributed by atoms with van der Waals surface area (Å²) in [5.41, 5.74) is 2.30. The summed E-state index contributed by atoms with van der Waals surface area (Å²) in [5.74, 6) is 1.15. The molecule has 2 aromatic rings. The Morgan fingerprint density at radius 1 is 1.20 bits per heavy atom. The molecule has 0 spiro atoms. The van der Waals surface area contributed by atoms with Gasteiger partial charge in [0.1, 0.15) is 11.5 Å². The summed E-state index contributed by atoms with van der Waals surface area (Å²) in [6.45, 7) is 5.96. The summed E-state index contributed by atoms with van der Waals surface area (Å²) in [6.07, 6.45) is 0.127. The van der Waals surface area contributed by atoms with Gasteiger partial charge in [0.05, 0.1) is 25.4 Å². The number of amides is 1. The number of carbonyl (C=O) groups excluding carboxylic acids is 1. The summed E-state index contributed by atoms with van der Waals surface area (Å²) in [7, 11) is 1.54. The van der Waals surface area contributed by atoms with Gasteiger partial charge in [-0.3, -0.25) is 4.79 Å². The lowest BCUT2D eigenvalue weighted by atomic mass is 10.2. The zero-order chi connectivity index (χ0) is 18.4. The van der Waals surface area contributed by atoms with E-state index in [9.17, 15) is 4.79 Å². The lowest BCUT2D eigenvalue weighted by molar-refractivity contribution is -0.114. The Hall–Kier alpha value is -2.40. The van der Waals surface area contributed by atoms with Crippen molar-refractivity contribution in [1.29, 1.82) is 0 Å². The standard InChI is InChI=1S/C19H23ClN2O3/c1-12(2)25-15-7-5-14(6-8-15)21-11-19(23)22-17-9-13(3)16(20)10-18(17)24-4/h5-10,12,21H,11H2,1-4H3,(H,22,23). The van der Waals surface area contributed by atoms with E-state index in [1.807, 2.05) is 45.0 Å². The van der Waals surface area contributed by atoms with Gasteiger partial charge in [-0.05, 0) is 56.7 Å². The molecule has 2 N–H and O–H groups in total. The smallest absolute Gasteiger partial charge is 0.243 e. The fourth-order valence-corrected chi connectivity index (χ4v) is 2.38. The minimum atomic E-state index is -0.178. The molecule has 0 saturated heterocycles. The van der Waals surface area contributed by atoms with Crippen molar-refractivity contribution < 1.29 is 14.3 Å². The SMILES string of the molecule is COc1cc(Cl)c(C)cc1NC(=O)CNc1ccc(OC(C)C)cc1. The van der Waals surface area contributed by atoms with Crippen LogP contribution in [0.4, 0.5) is 11.4 Å². The largest absolute Gasteiger partial charge is 0.495 e. The summed E-state index contributed by atoms with van der Waals surface area (Å²) < 4.78 is 10.8. The predicted molar refractivity (Wildman–Crippen MR) is 102 cm³/mol. The van der Waals surface area contributed by atoms with Gasteiger partial charge in [-0.1, -0.05) is 11.6 Å². The van der Waals surface area contributed by atoms with E-state index in [2.05, 4.69) is 10.6 Å². The minimum absolute atomic E-state index is 0.127. The van der Waals surface area contributed by atoms with E-state index in [1.165, 1.54) is 7.11 Å². The number of benzene rings is 2. The Labute approximate surface area is 153 Å². The average molecular weight is 363 g/mol. The molecule has 6 heteroatoms. The van der Waals surface area contributed by atoms with Gasteiger partial charge in [0.25, 0.3) is 0 Å². The van der Waals surface area contributed by atoms with Crippen LogP contribution in [0.1, 0.15) is 19.4 Å². The van der Waals surface area contributed by atoms with Crippen molar-refractivity contribution >= 4 is 28.9 Å². The second kappa shape index (κ2) is 8.62. The number of methoxy groups -OCH3 is 1. The highest BCUT2D eigenvalue weighted by Crippen LogP contribution is 2.30. The van der Waals surface area contributed by atoms with Crippen LogP contribution in [0.3, 0.4) is 0 Å². The third kappa shape index (κ3) is 5.57. The molecule has 2 rings (SSSR count). The molecular formula is C19H23ClN2O3. The number of ether oxygens (including phenoxy) is 2. The van der Waals surface area contributed by atoms with Crippen molar-refractivity contribution in [2.24, 2.45) is 0 Å². The number of hydrogen-bond acceptors (Lipinski definition) is 4. The predicted octanol–water partition coefficient (Wildman–Crippen LogP) is 4.49. The van der Waals surface area contributed by atoms with Gasteiger partial charge < -0.3 is 20.1 Å². The maximum absolute atomic E-state index is 12.2. The fraction of sp³-hybridized carbons (Fsp3) is 0.316. The Morgan fingerprint density at radius 2 is 1.88 bits per heavy atom. The zero-order valence-electron chi connectivity index (χ0n) is 14.9. The van der Waals surface area contributed by atoms with E-state index in [0.29, 0.717) is 16.5 Å². The molecule has 1 amide bonds. The van der Waals surface area contributed by atoms with Crippen molar-refractivity contribution in [1.82, 2.24) is 0 Å². The van der Waals surface area contributed by atoms with Crippen LogP contribution in [0.5, 0.6) is 11.5 Å². The molecule has 0 atom stereocenters. The summed E-state index contributed by atoms with van der Waals surface area (Å²) in [6, 6.07) is 11.0. The van der Waals surface area contributed by atoms with E-state index in [-0.39, 0.29) is 18.6 Å². The molecule has 0 aliphatic rings. The van der Waals surface area contributed by atoms with Crippen molar-refractivity contribution in [3.8, 4) is 11.5 Å². The topological polar surface area (TPSA) is 59.6 Å². The van der Waals surface area contributed by atoms with E-state index in [4.69, 9.17) is 21.1 Å². The lowest BCUT2D eigenvalue weighted by Crippen LogP contribution is -2.22. The maximum atomic E-state index is 12.2. The summed E-state index contributed by atoms with van der Waals surface area (Å²) in [4.78, 5) is 12.2. The Balaban J connectivity index is 1.94. The Bertz CT molecular complexity index is 730. The third-order valence-corrected chi connectivity index (χ3v) is 3.84. The van der Waals surface area contributed by atoms with Crippen LogP contribution in [-0.4, -0.2) is 25.7 Å². The van der Waals surface area contributed by atoms with Gasteiger partial charge in [-0.15, -0.1) is 0 Å². The van der Waals surface area contributed by atoms with Crippen LogP contribution in [0.25, 0.3) is 0 Å². The van der Waals surface area contributed by atoms with Crippen LogP contribution in [0.2, 0.25) is 5.02 Å². The molecule has 0 bridgehead atoms. The number of hydrogen-bond donors (Lipinski definition) is 2. The van der Waals surface area contributed by atoms with Gasteiger partial charge in [0.15, 0.2) is 0 Å². The summed E-state index contributed by atoms with van der Waals surface area (Å²) in [5, 5.41) is 6.50. The summed E-state index contributed by atoms with van der Waals surface area (Å²) >= 11 is 6.07. The van der Waals surface area contributed by atoms with Crippen LogP contribution in [0, 0.1) is 6.92 Å². The van der Waals surface area contributed by atoms with Gasteiger partial charge in [0, 0.05) is 16.8 Å². The number of halogens is 1. The highest BCUT2D eigenvalue weighted by atomic mass is 35.5. The van der Waals surface area contributed by atoms with E-state index < -0.39 is 0 Å². The second-order valence-corrected chi connectivity index (χ2v) is 6.30. The zero-order valence-corrected chi connectivity index (χ0v) is 15.6. The first-order valence-electron chi connectivity index (χ1n) is 8.03. The minimum Gasteiger partial charge on any atom is -0.495 e. The van der Waals surface area contributed by atoms with Crippen LogP contribution in [0.15, 0.2) is 36.4 Å². The van der Waals surface area contributed by atoms with E-state index in [1.54, 1.807) is 12.1 Å².